The van der Waals surface area contributed by atoms with Crippen LogP contribution in [-0.4, -0.2) is 50.1 Å². The van der Waals surface area contributed by atoms with E-state index in [2.05, 4.69) is 36.3 Å². The van der Waals surface area contributed by atoms with E-state index >= 15 is 0 Å². The summed E-state index contributed by atoms with van der Waals surface area (Å²) in [5, 5.41) is 5.15. The van der Waals surface area contributed by atoms with Crippen molar-refractivity contribution in [3.05, 3.63) is 54.1 Å². The minimum atomic E-state index is -0.703. The van der Waals surface area contributed by atoms with Crippen LogP contribution in [0.25, 0.3) is 0 Å². The van der Waals surface area contributed by atoms with Gasteiger partial charge in [-0.1, -0.05) is 0 Å². The number of amides is 2. The predicted molar refractivity (Wildman–Crippen MR) is 124 cm³/mol. The molecular weight excluding hydrogens is 410 g/mol. The molecular formula is C24H31N3O5. The third-order valence-corrected chi connectivity index (χ3v) is 4.63. The summed E-state index contributed by atoms with van der Waals surface area (Å²) in [5.41, 5.74) is 2.06. The van der Waals surface area contributed by atoms with Crippen LogP contribution in [0.4, 0.5) is 11.4 Å². The Balaban J connectivity index is 1.74. The summed E-state index contributed by atoms with van der Waals surface area (Å²) in [6.45, 7) is 8.84. The highest BCUT2D eigenvalue weighted by Gasteiger charge is 2.12. The number of esters is 1. The van der Waals surface area contributed by atoms with Crippen molar-refractivity contribution in [3.63, 3.8) is 0 Å². The molecule has 0 spiro atoms. The van der Waals surface area contributed by atoms with Crippen LogP contribution in [0.2, 0.25) is 0 Å². The first kappa shape index (κ1) is 24.7. The van der Waals surface area contributed by atoms with Gasteiger partial charge in [-0.25, -0.2) is 0 Å². The standard InChI is InChI=1S/C24H31N3O5/c1-5-27(17(3)4)20-11-9-19(10-12-20)26-22(28)16-32-23(29)15-25-24(30)18-7-13-21(14-8-18)31-6-2/h7-14,17H,5-6,15-16H2,1-4H3,(H,25,30)(H,26,28). The van der Waals surface area contributed by atoms with E-state index in [1.54, 1.807) is 36.4 Å². The second-order valence-electron chi connectivity index (χ2n) is 7.28. The maximum absolute atomic E-state index is 12.1. The predicted octanol–water partition coefficient (Wildman–Crippen LogP) is 3.23. The van der Waals surface area contributed by atoms with Gasteiger partial charge in [-0.05, 0) is 76.2 Å². The van der Waals surface area contributed by atoms with E-state index in [-0.39, 0.29) is 6.54 Å². The molecule has 2 N–H and O–H groups in total. The van der Waals surface area contributed by atoms with E-state index in [0.29, 0.717) is 29.6 Å². The molecule has 0 bridgehead atoms. The second kappa shape index (κ2) is 12.3. The summed E-state index contributed by atoms with van der Waals surface area (Å²) >= 11 is 0. The van der Waals surface area contributed by atoms with Crippen molar-refractivity contribution in [1.29, 1.82) is 0 Å². The van der Waals surface area contributed by atoms with Crippen LogP contribution in [0.15, 0.2) is 48.5 Å². The maximum atomic E-state index is 12.1. The summed E-state index contributed by atoms with van der Waals surface area (Å²) in [6.07, 6.45) is 0. The van der Waals surface area contributed by atoms with E-state index in [1.807, 2.05) is 19.1 Å². The summed E-state index contributed by atoms with van der Waals surface area (Å²) in [7, 11) is 0. The Morgan fingerprint density at radius 2 is 1.62 bits per heavy atom. The third-order valence-electron chi connectivity index (χ3n) is 4.63. The SMILES string of the molecule is CCOc1ccc(C(=O)NCC(=O)OCC(=O)Nc2ccc(N(CC)C(C)C)cc2)cc1. The number of rotatable bonds is 11. The number of nitrogens with zero attached hydrogens (tertiary/aromatic N) is 1. The van der Waals surface area contributed by atoms with Crippen LogP contribution < -0.4 is 20.3 Å². The van der Waals surface area contributed by atoms with Crippen LogP contribution >= 0.6 is 0 Å². The Morgan fingerprint density at radius 1 is 0.969 bits per heavy atom. The van der Waals surface area contributed by atoms with Gasteiger partial charge in [-0.3, -0.25) is 14.4 Å². The van der Waals surface area contributed by atoms with Gasteiger partial charge in [-0.2, -0.15) is 0 Å². The van der Waals surface area contributed by atoms with Crippen molar-refractivity contribution in [2.24, 2.45) is 0 Å². The van der Waals surface area contributed by atoms with Crippen LogP contribution in [-0.2, 0) is 14.3 Å². The molecule has 172 valence electrons. The van der Waals surface area contributed by atoms with Gasteiger partial charge in [0.1, 0.15) is 12.3 Å². The van der Waals surface area contributed by atoms with E-state index in [1.165, 1.54) is 0 Å². The number of hydrogen-bond donors (Lipinski definition) is 2. The lowest BCUT2D eigenvalue weighted by Gasteiger charge is -2.27. The molecule has 0 atom stereocenters. The van der Waals surface area contributed by atoms with Gasteiger partial charge in [0.2, 0.25) is 0 Å². The van der Waals surface area contributed by atoms with Crippen LogP contribution in [0.1, 0.15) is 38.1 Å². The molecule has 0 radical (unpaired) electrons. The lowest BCUT2D eigenvalue weighted by Crippen LogP contribution is -2.32. The lowest BCUT2D eigenvalue weighted by molar-refractivity contribution is -0.146. The summed E-state index contributed by atoms with van der Waals surface area (Å²) < 4.78 is 10.3. The average molecular weight is 442 g/mol. The van der Waals surface area contributed by atoms with Gasteiger partial charge in [0.05, 0.1) is 6.61 Å². The number of carbonyl (C=O) groups excluding carboxylic acids is 3. The molecule has 0 aliphatic rings. The number of carbonyl (C=O) groups is 3. The summed E-state index contributed by atoms with van der Waals surface area (Å²) in [5.74, 6) is -0.922. The largest absolute Gasteiger partial charge is 0.494 e. The number of benzene rings is 2. The minimum absolute atomic E-state index is 0.337. The maximum Gasteiger partial charge on any atom is 0.325 e. The fraction of sp³-hybridized carbons (Fsp3) is 0.375. The smallest absolute Gasteiger partial charge is 0.325 e. The highest BCUT2D eigenvalue weighted by molar-refractivity contribution is 5.96. The molecule has 0 aliphatic carbocycles. The molecule has 0 saturated heterocycles. The number of nitrogens with one attached hydrogen (secondary N) is 2. The summed E-state index contributed by atoms with van der Waals surface area (Å²) in [4.78, 5) is 38.2. The molecule has 0 unspecified atom stereocenters. The van der Waals surface area contributed by atoms with Crippen molar-refractivity contribution >= 4 is 29.2 Å². The second-order valence-corrected chi connectivity index (χ2v) is 7.28. The van der Waals surface area contributed by atoms with E-state index in [4.69, 9.17) is 9.47 Å². The molecule has 2 rings (SSSR count). The fourth-order valence-electron chi connectivity index (χ4n) is 3.10. The quantitative estimate of drug-likeness (QED) is 0.520. The van der Waals surface area contributed by atoms with Crippen molar-refractivity contribution in [2.45, 2.75) is 33.7 Å². The molecule has 0 aromatic heterocycles. The first-order chi connectivity index (χ1) is 15.3. The van der Waals surface area contributed by atoms with E-state index in [9.17, 15) is 14.4 Å². The van der Waals surface area contributed by atoms with Gasteiger partial charge >= 0.3 is 5.97 Å². The van der Waals surface area contributed by atoms with Gasteiger partial charge < -0.3 is 25.0 Å². The highest BCUT2D eigenvalue weighted by Crippen LogP contribution is 2.19. The minimum Gasteiger partial charge on any atom is -0.494 e. The monoisotopic (exact) mass is 441 g/mol. The molecule has 0 heterocycles. The van der Waals surface area contributed by atoms with Crippen molar-refractivity contribution in [3.8, 4) is 5.75 Å². The zero-order chi connectivity index (χ0) is 23.5. The van der Waals surface area contributed by atoms with Crippen LogP contribution in [0, 0.1) is 0 Å². The fourth-order valence-corrected chi connectivity index (χ4v) is 3.10. The lowest BCUT2D eigenvalue weighted by atomic mass is 10.2. The molecule has 2 amide bonds. The van der Waals surface area contributed by atoms with Gasteiger partial charge in [0, 0.05) is 29.5 Å². The summed E-state index contributed by atoms with van der Waals surface area (Å²) in [6, 6.07) is 14.4. The van der Waals surface area contributed by atoms with Crippen molar-refractivity contribution in [2.75, 3.05) is 36.5 Å². The zero-order valence-electron chi connectivity index (χ0n) is 19.0. The van der Waals surface area contributed by atoms with E-state index < -0.39 is 24.4 Å². The molecule has 2 aromatic rings. The van der Waals surface area contributed by atoms with Gasteiger partial charge in [0.15, 0.2) is 6.61 Å². The van der Waals surface area contributed by atoms with Gasteiger partial charge in [-0.15, -0.1) is 0 Å². The number of ether oxygens (including phenoxy) is 2. The molecule has 0 saturated carbocycles. The molecule has 8 heteroatoms. The van der Waals surface area contributed by atoms with Crippen molar-refractivity contribution in [1.82, 2.24) is 5.32 Å². The van der Waals surface area contributed by atoms with Gasteiger partial charge in [0.25, 0.3) is 11.8 Å². The molecule has 8 nitrogen and oxygen atoms in total. The Morgan fingerprint density at radius 3 is 2.19 bits per heavy atom. The highest BCUT2D eigenvalue weighted by atomic mass is 16.5. The number of hydrogen-bond acceptors (Lipinski definition) is 6. The Labute approximate surface area is 188 Å². The number of anilines is 2. The first-order valence-electron chi connectivity index (χ1n) is 10.7. The molecule has 0 aliphatic heterocycles. The Hall–Kier alpha value is -3.55. The molecule has 0 fully saturated rings. The van der Waals surface area contributed by atoms with Crippen LogP contribution in [0.5, 0.6) is 5.75 Å². The van der Waals surface area contributed by atoms with Crippen LogP contribution in [0.3, 0.4) is 0 Å². The average Bonchev–Trinajstić information content (AvgIpc) is 2.78. The van der Waals surface area contributed by atoms with Crippen molar-refractivity contribution < 1.29 is 23.9 Å². The zero-order valence-corrected chi connectivity index (χ0v) is 19.0. The molecule has 32 heavy (non-hydrogen) atoms. The Bertz CT molecular complexity index is 895. The first-order valence-corrected chi connectivity index (χ1v) is 10.7. The topological polar surface area (TPSA) is 97.0 Å². The Kier molecular flexibility index (Phi) is 9.53. The normalized spacial score (nSPS) is 10.4. The third kappa shape index (κ3) is 7.61. The van der Waals surface area contributed by atoms with E-state index in [0.717, 1.165) is 12.2 Å². The molecule has 2 aromatic carbocycles.